The predicted octanol–water partition coefficient (Wildman–Crippen LogP) is 3.34. The van der Waals surface area contributed by atoms with Crippen LogP contribution in [0.25, 0.3) is 0 Å². The van der Waals surface area contributed by atoms with Gasteiger partial charge >= 0.3 is 0 Å². The lowest BCUT2D eigenvalue weighted by Gasteiger charge is -2.32. The van der Waals surface area contributed by atoms with Crippen molar-refractivity contribution >= 4 is 5.91 Å². The van der Waals surface area contributed by atoms with Crippen LogP contribution >= 0.6 is 0 Å². The van der Waals surface area contributed by atoms with Crippen LogP contribution in [0, 0.1) is 0 Å². The normalized spacial score (nSPS) is 15.0. The van der Waals surface area contributed by atoms with E-state index in [1.807, 2.05) is 29.3 Å². The first-order valence-corrected chi connectivity index (χ1v) is 9.52. The molecule has 0 spiro atoms. The van der Waals surface area contributed by atoms with Gasteiger partial charge in [0, 0.05) is 43.5 Å². The van der Waals surface area contributed by atoms with Crippen molar-refractivity contribution in [2.24, 2.45) is 0 Å². The summed E-state index contributed by atoms with van der Waals surface area (Å²) >= 11 is 0. The standard InChI is InChI=1S/C22H24N4O/c27-21(14-18-7-4-10-23-15-18)26-11-8-19(9-12-26)22-20(16-24-25-22)13-17-5-2-1-3-6-17/h1-7,10,15-16,19H,8-9,11-14H2,(H,24,25). The van der Waals surface area contributed by atoms with Crippen molar-refractivity contribution in [1.82, 2.24) is 20.1 Å². The first kappa shape index (κ1) is 17.5. The lowest BCUT2D eigenvalue weighted by molar-refractivity contribution is -0.131. The molecular weight excluding hydrogens is 336 g/mol. The highest BCUT2D eigenvalue weighted by atomic mass is 16.2. The lowest BCUT2D eigenvalue weighted by Crippen LogP contribution is -2.39. The number of amides is 1. The number of aromatic amines is 1. The highest BCUT2D eigenvalue weighted by Crippen LogP contribution is 2.30. The van der Waals surface area contributed by atoms with Gasteiger partial charge in [-0.3, -0.25) is 14.9 Å². The molecule has 0 radical (unpaired) electrons. The van der Waals surface area contributed by atoms with E-state index in [-0.39, 0.29) is 5.91 Å². The Morgan fingerprint density at radius 3 is 2.56 bits per heavy atom. The van der Waals surface area contributed by atoms with Gasteiger partial charge in [0.25, 0.3) is 0 Å². The molecule has 2 aromatic heterocycles. The number of benzene rings is 1. The van der Waals surface area contributed by atoms with E-state index in [9.17, 15) is 4.79 Å². The summed E-state index contributed by atoms with van der Waals surface area (Å²) < 4.78 is 0. The first-order chi connectivity index (χ1) is 13.3. The van der Waals surface area contributed by atoms with Gasteiger partial charge in [-0.05, 0) is 35.6 Å². The Labute approximate surface area is 159 Å². The molecule has 1 aromatic carbocycles. The van der Waals surface area contributed by atoms with Crippen LogP contribution in [0.15, 0.2) is 61.1 Å². The summed E-state index contributed by atoms with van der Waals surface area (Å²) in [5, 5.41) is 7.51. The van der Waals surface area contributed by atoms with E-state index in [1.54, 1.807) is 12.4 Å². The summed E-state index contributed by atoms with van der Waals surface area (Å²) in [6.07, 6.45) is 8.73. The molecule has 1 saturated heterocycles. The van der Waals surface area contributed by atoms with Gasteiger partial charge in [0.1, 0.15) is 0 Å². The molecule has 4 rings (SSSR count). The average Bonchev–Trinajstić information content (AvgIpc) is 3.18. The Kier molecular flexibility index (Phi) is 5.28. The zero-order chi connectivity index (χ0) is 18.5. The lowest BCUT2D eigenvalue weighted by atomic mass is 9.89. The molecule has 1 aliphatic rings. The zero-order valence-electron chi connectivity index (χ0n) is 15.3. The molecule has 3 aromatic rings. The molecule has 5 nitrogen and oxygen atoms in total. The molecule has 0 unspecified atom stereocenters. The van der Waals surface area contributed by atoms with Crippen LogP contribution in [0.2, 0.25) is 0 Å². The second-order valence-electron chi connectivity index (χ2n) is 7.16. The molecule has 0 saturated carbocycles. The van der Waals surface area contributed by atoms with Crippen molar-refractivity contribution < 1.29 is 4.79 Å². The van der Waals surface area contributed by atoms with Crippen LogP contribution in [0.3, 0.4) is 0 Å². The van der Waals surface area contributed by atoms with E-state index < -0.39 is 0 Å². The summed E-state index contributed by atoms with van der Waals surface area (Å²) in [6.45, 7) is 1.60. The van der Waals surface area contributed by atoms with Crippen LogP contribution in [0.4, 0.5) is 0 Å². The molecule has 27 heavy (non-hydrogen) atoms. The van der Waals surface area contributed by atoms with Crippen molar-refractivity contribution in [2.75, 3.05) is 13.1 Å². The Morgan fingerprint density at radius 1 is 1.04 bits per heavy atom. The van der Waals surface area contributed by atoms with E-state index in [4.69, 9.17) is 0 Å². The number of nitrogens with zero attached hydrogens (tertiary/aromatic N) is 3. The van der Waals surface area contributed by atoms with Crippen molar-refractivity contribution in [2.45, 2.75) is 31.6 Å². The van der Waals surface area contributed by atoms with E-state index in [0.717, 1.165) is 37.9 Å². The molecule has 138 valence electrons. The van der Waals surface area contributed by atoms with Gasteiger partial charge < -0.3 is 4.90 Å². The SMILES string of the molecule is O=C(Cc1cccnc1)N1CCC(c2[nH]ncc2Cc2ccccc2)CC1. The predicted molar refractivity (Wildman–Crippen MR) is 104 cm³/mol. The fourth-order valence-corrected chi connectivity index (χ4v) is 3.84. The number of nitrogens with one attached hydrogen (secondary N) is 1. The first-order valence-electron chi connectivity index (χ1n) is 9.52. The van der Waals surface area contributed by atoms with Gasteiger partial charge in [-0.25, -0.2) is 0 Å². The minimum absolute atomic E-state index is 0.190. The van der Waals surface area contributed by atoms with Crippen molar-refractivity contribution in [3.05, 3.63) is 83.4 Å². The third kappa shape index (κ3) is 4.25. The number of piperidine rings is 1. The quantitative estimate of drug-likeness (QED) is 0.759. The van der Waals surface area contributed by atoms with Crippen LogP contribution < -0.4 is 0 Å². The molecule has 5 heteroatoms. The third-order valence-corrected chi connectivity index (χ3v) is 5.32. The summed E-state index contributed by atoms with van der Waals surface area (Å²) in [4.78, 5) is 18.6. The number of carbonyl (C=O) groups is 1. The number of aromatic nitrogens is 3. The average molecular weight is 360 g/mol. The molecule has 0 bridgehead atoms. The van der Waals surface area contributed by atoms with E-state index in [2.05, 4.69) is 39.4 Å². The van der Waals surface area contributed by atoms with Gasteiger partial charge in [0.05, 0.1) is 12.6 Å². The number of pyridine rings is 1. The maximum atomic E-state index is 12.5. The molecule has 0 aliphatic carbocycles. The molecule has 1 amide bonds. The summed E-state index contributed by atoms with van der Waals surface area (Å²) in [7, 11) is 0. The van der Waals surface area contributed by atoms with Gasteiger partial charge in [0.2, 0.25) is 5.91 Å². The maximum Gasteiger partial charge on any atom is 0.227 e. The minimum atomic E-state index is 0.190. The molecule has 0 atom stereocenters. The summed E-state index contributed by atoms with van der Waals surface area (Å²) in [5.41, 5.74) is 4.77. The van der Waals surface area contributed by atoms with Crippen LogP contribution in [0.5, 0.6) is 0 Å². The molecular formula is C22H24N4O. The number of likely N-dealkylation sites (tertiary alicyclic amines) is 1. The third-order valence-electron chi connectivity index (χ3n) is 5.32. The van der Waals surface area contributed by atoms with Crippen molar-refractivity contribution in [3.8, 4) is 0 Å². The van der Waals surface area contributed by atoms with Gasteiger partial charge in [-0.1, -0.05) is 36.4 Å². The number of rotatable bonds is 5. The van der Waals surface area contributed by atoms with E-state index in [0.29, 0.717) is 12.3 Å². The smallest absolute Gasteiger partial charge is 0.227 e. The van der Waals surface area contributed by atoms with Crippen LogP contribution in [-0.2, 0) is 17.6 Å². The van der Waals surface area contributed by atoms with E-state index >= 15 is 0 Å². The Bertz CT molecular complexity index is 868. The van der Waals surface area contributed by atoms with Gasteiger partial charge in [0.15, 0.2) is 0 Å². The van der Waals surface area contributed by atoms with E-state index in [1.165, 1.54) is 16.8 Å². The Balaban J connectivity index is 1.36. The molecule has 1 aliphatic heterocycles. The van der Waals surface area contributed by atoms with Crippen molar-refractivity contribution in [1.29, 1.82) is 0 Å². The summed E-state index contributed by atoms with van der Waals surface area (Å²) in [6, 6.07) is 14.3. The number of carbonyl (C=O) groups excluding carboxylic acids is 1. The number of hydrogen-bond donors (Lipinski definition) is 1. The molecule has 3 heterocycles. The highest BCUT2D eigenvalue weighted by molar-refractivity contribution is 5.78. The summed E-state index contributed by atoms with van der Waals surface area (Å²) in [5.74, 6) is 0.629. The van der Waals surface area contributed by atoms with Gasteiger partial charge in [-0.2, -0.15) is 5.10 Å². The van der Waals surface area contributed by atoms with Gasteiger partial charge in [-0.15, -0.1) is 0 Å². The number of H-pyrrole nitrogens is 1. The minimum Gasteiger partial charge on any atom is -0.342 e. The fraction of sp³-hybridized carbons (Fsp3) is 0.318. The Morgan fingerprint density at radius 2 is 1.81 bits per heavy atom. The highest BCUT2D eigenvalue weighted by Gasteiger charge is 2.26. The second kappa shape index (κ2) is 8.16. The molecule has 1 N–H and O–H groups in total. The zero-order valence-corrected chi connectivity index (χ0v) is 15.3. The monoisotopic (exact) mass is 360 g/mol. The topological polar surface area (TPSA) is 61.9 Å². The fourth-order valence-electron chi connectivity index (χ4n) is 3.84. The second-order valence-corrected chi connectivity index (χ2v) is 7.16. The molecule has 1 fully saturated rings. The van der Waals surface area contributed by atoms with Crippen molar-refractivity contribution in [3.63, 3.8) is 0 Å². The largest absolute Gasteiger partial charge is 0.342 e. The Hall–Kier alpha value is -2.95. The van der Waals surface area contributed by atoms with Crippen LogP contribution in [-0.4, -0.2) is 39.1 Å². The van der Waals surface area contributed by atoms with Crippen LogP contribution in [0.1, 0.15) is 41.1 Å². The maximum absolute atomic E-state index is 12.5. The number of hydrogen-bond acceptors (Lipinski definition) is 3.